The minimum absolute atomic E-state index is 0.0894. The molecule has 1 heterocycles. The first kappa shape index (κ1) is 16.0. The number of carbonyl (C=O) groups is 1. The van der Waals surface area contributed by atoms with Gasteiger partial charge in [0.1, 0.15) is 0 Å². The third kappa shape index (κ3) is 2.95. The summed E-state index contributed by atoms with van der Waals surface area (Å²) in [6.07, 6.45) is -4.48. The Labute approximate surface area is 135 Å². The molecule has 1 aromatic heterocycles. The summed E-state index contributed by atoms with van der Waals surface area (Å²) in [6, 6.07) is 13.5. The van der Waals surface area contributed by atoms with Gasteiger partial charge in [0.2, 0.25) is 0 Å². The standard InChI is InChI=1S/C18H12F3NO2/c1-24-17(23)14-10-15(11-5-3-2-4-6-11)22-16-9-12(18(19,20)21)7-8-13(14)16/h2-10H,1H3. The van der Waals surface area contributed by atoms with Crippen molar-refractivity contribution in [2.75, 3.05) is 7.11 Å². The number of esters is 1. The van der Waals surface area contributed by atoms with Gasteiger partial charge in [0, 0.05) is 10.9 Å². The molecular weight excluding hydrogens is 319 g/mol. The molecule has 0 saturated heterocycles. The van der Waals surface area contributed by atoms with Crippen molar-refractivity contribution < 1.29 is 22.7 Å². The van der Waals surface area contributed by atoms with Crippen LogP contribution in [0, 0.1) is 0 Å². The smallest absolute Gasteiger partial charge is 0.416 e. The second-order valence-corrected chi connectivity index (χ2v) is 5.14. The molecule has 6 heteroatoms. The summed E-state index contributed by atoms with van der Waals surface area (Å²) in [5.41, 5.74) is 0.551. The Morgan fingerprint density at radius 3 is 2.38 bits per heavy atom. The van der Waals surface area contributed by atoms with E-state index in [1.165, 1.54) is 19.2 Å². The Hall–Kier alpha value is -2.89. The number of alkyl halides is 3. The minimum atomic E-state index is -4.48. The van der Waals surface area contributed by atoms with Gasteiger partial charge in [-0.25, -0.2) is 9.78 Å². The molecule has 122 valence electrons. The molecule has 0 radical (unpaired) electrons. The van der Waals surface area contributed by atoms with Crippen molar-refractivity contribution in [3.63, 3.8) is 0 Å². The predicted molar refractivity (Wildman–Crippen MR) is 83.5 cm³/mol. The molecule has 0 N–H and O–H groups in total. The van der Waals surface area contributed by atoms with Gasteiger partial charge in [0.15, 0.2) is 0 Å². The van der Waals surface area contributed by atoms with E-state index in [2.05, 4.69) is 4.98 Å². The summed E-state index contributed by atoms with van der Waals surface area (Å²) < 4.78 is 43.6. The van der Waals surface area contributed by atoms with Crippen LogP contribution < -0.4 is 0 Å². The number of methoxy groups -OCH3 is 1. The lowest BCUT2D eigenvalue weighted by atomic mass is 10.0. The first-order chi connectivity index (χ1) is 11.4. The van der Waals surface area contributed by atoms with E-state index in [-0.39, 0.29) is 11.1 Å². The van der Waals surface area contributed by atoms with E-state index >= 15 is 0 Å². The number of benzene rings is 2. The number of carbonyl (C=O) groups excluding carboxylic acids is 1. The highest BCUT2D eigenvalue weighted by Gasteiger charge is 2.31. The maximum absolute atomic E-state index is 12.9. The largest absolute Gasteiger partial charge is 0.465 e. The maximum Gasteiger partial charge on any atom is 0.416 e. The van der Waals surface area contributed by atoms with Gasteiger partial charge in [0.25, 0.3) is 0 Å². The monoisotopic (exact) mass is 331 g/mol. The van der Waals surface area contributed by atoms with E-state index < -0.39 is 17.7 Å². The van der Waals surface area contributed by atoms with E-state index in [0.29, 0.717) is 16.6 Å². The van der Waals surface area contributed by atoms with Crippen molar-refractivity contribution in [3.8, 4) is 11.3 Å². The van der Waals surface area contributed by atoms with Crippen LogP contribution in [0.2, 0.25) is 0 Å². The molecular formula is C18H12F3NO2. The van der Waals surface area contributed by atoms with Crippen LogP contribution >= 0.6 is 0 Å². The van der Waals surface area contributed by atoms with Gasteiger partial charge < -0.3 is 4.74 Å². The molecule has 3 rings (SSSR count). The quantitative estimate of drug-likeness (QED) is 0.639. The number of hydrogen-bond donors (Lipinski definition) is 0. The molecule has 0 aliphatic heterocycles. The first-order valence-corrected chi connectivity index (χ1v) is 7.06. The fourth-order valence-corrected chi connectivity index (χ4v) is 2.44. The molecule has 3 aromatic rings. The predicted octanol–water partition coefficient (Wildman–Crippen LogP) is 4.71. The number of nitrogens with zero attached hydrogens (tertiary/aromatic N) is 1. The van der Waals surface area contributed by atoms with Gasteiger partial charge >= 0.3 is 12.1 Å². The number of hydrogen-bond acceptors (Lipinski definition) is 3. The summed E-state index contributed by atoms with van der Waals surface area (Å²) in [5.74, 6) is -0.626. The lowest BCUT2D eigenvalue weighted by Crippen LogP contribution is -2.07. The summed E-state index contributed by atoms with van der Waals surface area (Å²) >= 11 is 0. The van der Waals surface area contributed by atoms with E-state index in [1.54, 1.807) is 24.3 Å². The number of ether oxygens (including phenoxy) is 1. The van der Waals surface area contributed by atoms with Crippen molar-refractivity contribution >= 4 is 16.9 Å². The lowest BCUT2D eigenvalue weighted by Gasteiger charge is -2.11. The fraction of sp³-hybridized carbons (Fsp3) is 0.111. The van der Waals surface area contributed by atoms with E-state index in [9.17, 15) is 18.0 Å². The molecule has 0 aliphatic rings. The van der Waals surface area contributed by atoms with Crippen molar-refractivity contribution in [1.82, 2.24) is 4.98 Å². The lowest BCUT2D eigenvalue weighted by molar-refractivity contribution is -0.137. The number of pyridine rings is 1. The summed E-state index contributed by atoms with van der Waals surface area (Å²) in [7, 11) is 1.22. The molecule has 0 saturated carbocycles. The third-order valence-corrected chi connectivity index (χ3v) is 3.61. The summed E-state index contributed by atoms with van der Waals surface area (Å²) in [5, 5.41) is 0.314. The molecule has 0 unspecified atom stereocenters. The van der Waals surface area contributed by atoms with Crippen molar-refractivity contribution in [3.05, 3.63) is 65.7 Å². The Morgan fingerprint density at radius 1 is 1.04 bits per heavy atom. The summed E-state index contributed by atoms with van der Waals surface area (Å²) in [6.45, 7) is 0. The highest BCUT2D eigenvalue weighted by Crippen LogP contribution is 2.33. The average molecular weight is 331 g/mol. The number of rotatable bonds is 2. The topological polar surface area (TPSA) is 39.2 Å². The van der Waals surface area contributed by atoms with Crippen LogP contribution in [0.4, 0.5) is 13.2 Å². The molecule has 0 spiro atoms. The maximum atomic E-state index is 12.9. The normalized spacial score (nSPS) is 11.5. The zero-order valence-electron chi connectivity index (χ0n) is 12.6. The Bertz CT molecular complexity index is 905. The Kier molecular flexibility index (Phi) is 3.97. The van der Waals surface area contributed by atoms with E-state index in [0.717, 1.165) is 12.1 Å². The van der Waals surface area contributed by atoms with Crippen molar-refractivity contribution in [2.24, 2.45) is 0 Å². The van der Waals surface area contributed by atoms with Crippen LogP contribution in [0.15, 0.2) is 54.6 Å². The van der Waals surface area contributed by atoms with Gasteiger partial charge in [-0.15, -0.1) is 0 Å². The fourth-order valence-electron chi connectivity index (χ4n) is 2.44. The van der Waals surface area contributed by atoms with Gasteiger partial charge in [-0.3, -0.25) is 0 Å². The molecule has 0 bridgehead atoms. The van der Waals surface area contributed by atoms with Crippen LogP contribution in [-0.2, 0) is 10.9 Å². The highest BCUT2D eigenvalue weighted by atomic mass is 19.4. The zero-order chi connectivity index (χ0) is 17.3. The van der Waals surface area contributed by atoms with Crippen LogP contribution in [0.1, 0.15) is 15.9 Å². The molecule has 24 heavy (non-hydrogen) atoms. The van der Waals surface area contributed by atoms with Crippen molar-refractivity contribution in [2.45, 2.75) is 6.18 Å². The highest BCUT2D eigenvalue weighted by molar-refractivity contribution is 6.04. The van der Waals surface area contributed by atoms with Gasteiger partial charge in [0.05, 0.1) is 29.4 Å². The summed E-state index contributed by atoms with van der Waals surface area (Å²) in [4.78, 5) is 16.3. The molecule has 0 atom stereocenters. The second-order valence-electron chi connectivity index (χ2n) is 5.14. The molecule has 0 amide bonds. The van der Waals surface area contributed by atoms with Crippen LogP contribution in [0.25, 0.3) is 22.2 Å². The minimum Gasteiger partial charge on any atom is -0.465 e. The van der Waals surface area contributed by atoms with Gasteiger partial charge in [-0.2, -0.15) is 13.2 Å². The van der Waals surface area contributed by atoms with Gasteiger partial charge in [-0.05, 0) is 18.2 Å². The SMILES string of the molecule is COC(=O)c1cc(-c2ccccc2)nc2cc(C(F)(F)F)ccc12. The van der Waals surface area contributed by atoms with Crippen LogP contribution in [-0.4, -0.2) is 18.1 Å². The van der Waals surface area contributed by atoms with E-state index in [1.807, 2.05) is 6.07 Å². The Morgan fingerprint density at radius 2 is 1.75 bits per heavy atom. The van der Waals surface area contributed by atoms with E-state index in [4.69, 9.17) is 4.74 Å². The second kappa shape index (κ2) is 5.96. The van der Waals surface area contributed by atoms with Crippen molar-refractivity contribution in [1.29, 1.82) is 0 Å². The molecule has 0 fully saturated rings. The molecule has 2 aromatic carbocycles. The van der Waals surface area contributed by atoms with Crippen LogP contribution in [0.5, 0.6) is 0 Å². The number of fused-ring (bicyclic) bond motifs is 1. The molecule has 3 nitrogen and oxygen atoms in total. The number of aromatic nitrogens is 1. The first-order valence-electron chi connectivity index (χ1n) is 7.06. The molecule has 0 aliphatic carbocycles. The zero-order valence-corrected chi connectivity index (χ0v) is 12.6. The third-order valence-electron chi connectivity index (χ3n) is 3.61. The van der Waals surface area contributed by atoms with Crippen LogP contribution in [0.3, 0.4) is 0 Å². The van der Waals surface area contributed by atoms with Gasteiger partial charge in [-0.1, -0.05) is 36.4 Å². The Balaban J connectivity index is 2.29. The average Bonchev–Trinajstić information content (AvgIpc) is 2.59. The number of halogens is 3.